The summed E-state index contributed by atoms with van der Waals surface area (Å²) in [4.78, 5) is 29.7. The average Bonchev–Trinajstić information content (AvgIpc) is 3.13. The number of nitrogens with zero attached hydrogens (tertiary/aromatic N) is 5. The van der Waals surface area contributed by atoms with Crippen LogP contribution in [0.1, 0.15) is 44.4 Å². The van der Waals surface area contributed by atoms with Crippen molar-refractivity contribution < 1.29 is 4.79 Å². The van der Waals surface area contributed by atoms with Crippen LogP contribution in [0, 0.1) is 0 Å². The van der Waals surface area contributed by atoms with Crippen LogP contribution in [-0.4, -0.2) is 52.1 Å². The molecule has 0 aliphatic carbocycles. The number of carbonyl (C=O) groups is 1. The van der Waals surface area contributed by atoms with Crippen LogP contribution in [0.4, 0.5) is 10.7 Å². The largest absolute Gasteiger partial charge is 0.337 e. The summed E-state index contributed by atoms with van der Waals surface area (Å²) in [5, 5.41) is 6.09. The molecule has 8 heteroatoms. The van der Waals surface area contributed by atoms with Gasteiger partial charge in [0.05, 0.1) is 11.7 Å². The Kier molecular flexibility index (Phi) is 5.41. The van der Waals surface area contributed by atoms with Gasteiger partial charge in [-0.1, -0.05) is 20.8 Å². The Bertz CT molecular complexity index is 734. The molecule has 140 valence electrons. The normalized spacial score (nSPS) is 16.5. The van der Waals surface area contributed by atoms with Crippen molar-refractivity contribution in [1.29, 1.82) is 0 Å². The van der Waals surface area contributed by atoms with Crippen molar-refractivity contribution in [3.63, 3.8) is 0 Å². The van der Waals surface area contributed by atoms with Crippen molar-refractivity contribution in [3.05, 3.63) is 34.5 Å². The number of urea groups is 1. The van der Waals surface area contributed by atoms with Crippen LogP contribution in [0.15, 0.2) is 23.8 Å². The van der Waals surface area contributed by atoms with E-state index in [1.54, 1.807) is 29.8 Å². The van der Waals surface area contributed by atoms with Crippen LogP contribution < -0.4 is 10.2 Å². The molecule has 2 aromatic heterocycles. The van der Waals surface area contributed by atoms with Gasteiger partial charge < -0.3 is 15.1 Å². The Morgan fingerprint density at radius 2 is 1.85 bits per heavy atom. The topological polar surface area (TPSA) is 74.2 Å². The molecule has 26 heavy (non-hydrogen) atoms. The molecule has 3 heterocycles. The molecule has 2 amide bonds. The van der Waals surface area contributed by atoms with Gasteiger partial charge in [0.25, 0.3) is 0 Å². The van der Waals surface area contributed by atoms with Crippen molar-refractivity contribution in [2.75, 3.05) is 31.1 Å². The molecule has 1 unspecified atom stereocenters. The summed E-state index contributed by atoms with van der Waals surface area (Å²) in [7, 11) is 0. The van der Waals surface area contributed by atoms with E-state index in [4.69, 9.17) is 4.98 Å². The lowest BCUT2D eigenvalue weighted by molar-refractivity contribution is 0.191. The first kappa shape index (κ1) is 18.6. The molecule has 1 saturated heterocycles. The molecular weight excluding hydrogens is 348 g/mol. The highest BCUT2D eigenvalue weighted by Crippen LogP contribution is 2.26. The number of rotatable bonds is 3. The van der Waals surface area contributed by atoms with Crippen LogP contribution in [0.3, 0.4) is 0 Å². The molecule has 1 atom stereocenters. The summed E-state index contributed by atoms with van der Waals surface area (Å²) in [5.74, 6) is 0.721. The van der Waals surface area contributed by atoms with Gasteiger partial charge in [0.1, 0.15) is 5.01 Å². The van der Waals surface area contributed by atoms with E-state index < -0.39 is 0 Å². The van der Waals surface area contributed by atoms with Crippen LogP contribution in [0.5, 0.6) is 0 Å². The van der Waals surface area contributed by atoms with Gasteiger partial charge in [-0.05, 0) is 13.0 Å². The van der Waals surface area contributed by atoms with Crippen LogP contribution in [0.2, 0.25) is 0 Å². The lowest BCUT2D eigenvalue weighted by Gasteiger charge is -2.35. The van der Waals surface area contributed by atoms with E-state index in [-0.39, 0.29) is 17.5 Å². The Morgan fingerprint density at radius 3 is 2.42 bits per heavy atom. The number of anilines is 1. The predicted octanol–water partition coefficient (Wildman–Crippen LogP) is 2.82. The fourth-order valence-electron chi connectivity index (χ4n) is 2.73. The SMILES string of the molecule is CC(NC(=O)N1CCN(c2ncccn2)CC1)c1nc(C(C)(C)C)cs1. The third-order valence-electron chi connectivity index (χ3n) is 4.40. The zero-order valence-electron chi connectivity index (χ0n) is 15.8. The van der Waals surface area contributed by atoms with Gasteiger partial charge in [-0.3, -0.25) is 0 Å². The Morgan fingerprint density at radius 1 is 1.19 bits per heavy atom. The van der Waals surface area contributed by atoms with Crippen LogP contribution in [0.25, 0.3) is 0 Å². The molecule has 1 aliphatic heterocycles. The molecule has 0 aromatic carbocycles. The van der Waals surface area contributed by atoms with Gasteiger partial charge in [-0.25, -0.2) is 19.7 Å². The number of piperazine rings is 1. The fraction of sp³-hybridized carbons (Fsp3) is 0.556. The first-order valence-corrected chi connectivity index (χ1v) is 9.76. The minimum Gasteiger partial charge on any atom is -0.337 e. The van der Waals surface area contributed by atoms with Gasteiger partial charge in [0.2, 0.25) is 5.95 Å². The molecule has 0 bridgehead atoms. The quantitative estimate of drug-likeness (QED) is 0.894. The van der Waals surface area contributed by atoms with Crippen LogP contribution >= 0.6 is 11.3 Å². The van der Waals surface area contributed by atoms with E-state index in [0.717, 1.165) is 29.7 Å². The zero-order chi connectivity index (χ0) is 18.7. The maximum Gasteiger partial charge on any atom is 0.318 e. The van der Waals surface area contributed by atoms with Crippen molar-refractivity contribution in [2.45, 2.75) is 39.2 Å². The fourth-order valence-corrected chi connectivity index (χ4v) is 3.79. The lowest BCUT2D eigenvalue weighted by Crippen LogP contribution is -2.52. The second-order valence-electron chi connectivity index (χ2n) is 7.52. The number of carbonyl (C=O) groups excluding carboxylic acids is 1. The summed E-state index contributed by atoms with van der Waals surface area (Å²) in [6.07, 6.45) is 3.48. The number of hydrogen-bond donors (Lipinski definition) is 1. The second kappa shape index (κ2) is 7.57. The number of amides is 2. The average molecular weight is 375 g/mol. The summed E-state index contributed by atoms with van der Waals surface area (Å²) >= 11 is 1.60. The third kappa shape index (κ3) is 4.30. The smallest absolute Gasteiger partial charge is 0.318 e. The van der Waals surface area contributed by atoms with Crippen molar-refractivity contribution in [1.82, 2.24) is 25.2 Å². The van der Waals surface area contributed by atoms with Gasteiger partial charge in [-0.15, -0.1) is 11.3 Å². The van der Waals surface area contributed by atoms with E-state index >= 15 is 0 Å². The molecule has 1 fully saturated rings. The van der Waals surface area contributed by atoms with Crippen molar-refractivity contribution in [2.24, 2.45) is 0 Å². The Labute approximate surface area is 158 Å². The predicted molar refractivity (Wildman–Crippen MR) is 104 cm³/mol. The molecular formula is C18H26N6OS. The number of aromatic nitrogens is 3. The summed E-state index contributed by atoms with van der Waals surface area (Å²) in [5.41, 5.74) is 1.09. The Balaban J connectivity index is 1.53. The highest BCUT2D eigenvalue weighted by molar-refractivity contribution is 7.09. The number of nitrogens with one attached hydrogen (secondary N) is 1. The molecule has 0 spiro atoms. The first-order chi connectivity index (χ1) is 12.3. The van der Waals surface area contributed by atoms with Gasteiger partial charge in [0, 0.05) is 49.4 Å². The minimum atomic E-state index is -0.0981. The highest BCUT2D eigenvalue weighted by Gasteiger charge is 2.25. The van der Waals surface area contributed by atoms with Crippen molar-refractivity contribution >= 4 is 23.3 Å². The van der Waals surface area contributed by atoms with Crippen molar-refractivity contribution in [3.8, 4) is 0 Å². The molecule has 1 N–H and O–H groups in total. The highest BCUT2D eigenvalue weighted by atomic mass is 32.1. The van der Waals surface area contributed by atoms with Gasteiger partial charge in [-0.2, -0.15) is 0 Å². The molecule has 3 rings (SSSR count). The van der Waals surface area contributed by atoms with E-state index in [1.165, 1.54) is 0 Å². The third-order valence-corrected chi connectivity index (χ3v) is 5.43. The van der Waals surface area contributed by atoms with Gasteiger partial charge >= 0.3 is 6.03 Å². The maximum atomic E-state index is 12.6. The molecule has 0 radical (unpaired) electrons. The minimum absolute atomic E-state index is 0.0221. The van der Waals surface area contributed by atoms with Gasteiger partial charge in [0.15, 0.2) is 0 Å². The summed E-state index contributed by atoms with van der Waals surface area (Å²) < 4.78 is 0. The van der Waals surface area contributed by atoms with Crippen LogP contribution in [-0.2, 0) is 5.41 Å². The lowest BCUT2D eigenvalue weighted by atomic mass is 9.93. The molecule has 2 aromatic rings. The maximum absolute atomic E-state index is 12.6. The molecule has 7 nitrogen and oxygen atoms in total. The van der Waals surface area contributed by atoms with E-state index in [9.17, 15) is 4.79 Å². The summed E-state index contributed by atoms with van der Waals surface area (Å²) in [6.45, 7) is 11.2. The Hall–Kier alpha value is -2.22. The number of hydrogen-bond acceptors (Lipinski definition) is 6. The zero-order valence-corrected chi connectivity index (χ0v) is 16.6. The summed E-state index contributed by atoms with van der Waals surface area (Å²) in [6, 6.07) is 1.66. The second-order valence-corrected chi connectivity index (χ2v) is 8.40. The van der Waals surface area contributed by atoms with E-state index in [1.807, 2.05) is 11.8 Å². The number of thiazole rings is 1. The molecule has 1 aliphatic rings. The molecule has 0 saturated carbocycles. The monoisotopic (exact) mass is 374 g/mol. The first-order valence-electron chi connectivity index (χ1n) is 8.88. The standard InChI is InChI=1S/C18H26N6OS/c1-13(15-22-14(12-26-15)18(2,3)4)21-17(25)24-10-8-23(9-11-24)16-19-6-5-7-20-16/h5-7,12-13H,8-11H2,1-4H3,(H,21,25). The van der Waals surface area contributed by atoms with E-state index in [0.29, 0.717) is 13.1 Å². The van der Waals surface area contributed by atoms with E-state index in [2.05, 4.69) is 46.3 Å².